The van der Waals surface area contributed by atoms with Gasteiger partial charge in [-0.1, -0.05) is 39.7 Å². The first-order valence-electron chi connectivity index (χ1n) is 10.4. The van der Waals surface area contributed by atoms with Gasteiger partial charge in [-0.2, -0.15) is 0 Å². The van der Waals surface area contributed by atoms with Crippen LogP contribution in [0.3, 0.4) is 0 Å². The van der Waals surface area contributed by atoms with Crippen molar-refractivity contribution in [3.63, 3.8) is 0 Å². The maximum Gasteiger partial charge on any atom is 0.312 e. The van der Waals surface area contributed by atoms with E-state index >= 15 is 0 Å². The van der Waals surface area contributed by atoms with Crippen molar-refractivity contribution in [3.8, 4) is 0 Å². The fourth-order valence-corrected chi connectivity index (χ4v) is 106. The largest absolute Gasteiger partial charge is 0.469 e. The summed E-state index contributed by atoms with van der Waals surface area (Å²) >= 11 is 3.42. The van der Waals surface area contributed by atoms with Gasteiger partial charge < -0.3 is 9.64 Å². The van der Waals surface area contributed by atoms with E-state index in [0.29, 0.717) is 0 Å². The van der Waals surface area contributed by atoms with Crippen LogP contribution >= 0.6 is 124 Å². The van der Waals surface area contributed by atoms with Gasteiger partial charge in [0.15, 0.2) is 0 Å². The van der Waals surface area contributed by atoms with Crippen molar-refractivity contribution in [2.24, 2.45) is 5.92 Å². The van der Waals surface area contributed by atoms with E-state index < -0.39 is 9.05 Å². The molecule has 20 heteroatoms. The highest BCUT2D eigenvalue weighted by Crippen LogP contribution is 3.16. The zero-order valence-corrected chi connectivity index (χ0v) is 36.3. The molecule has 3 rings (SSSR count). The number of methoxy groups -OCH3 is 1. The highest BCUT2D eigenvalue weighted by Gasteiger charge is 2.33. The Kier molecular flexibility index (Phi) is 20.7. The van der Waals surface area contributed by atoms with Crippen LogP contribution < -0.4 is 4.90 Å². The lowest BCUT2D eigenvalue weighted by Gasteiger charge is -2.39. The fraction of sp³-hybridized carbons (Fsp3) is 0.278. The van der Waals surface area contributed by atoms with E-state index in [0.717, 1.165) is 28.8 Å². The number of halogens is 2. The summed E-state index contributed by atoms with van der Waals surface area (Å²) in [6.45, 7) is 4.09. The minimum atomic E-state index is -3.55. The molecule has 0 aromatic heterocycles. The first kappa shape index (κ1) is 39.6. The number of benzene rings is 2. The molecular formula is C18H33BrClNO4P12S. The number of hydrogen-bond acceptors (Lipinski definition) is 5. The van der Waals surface area contributed by atoms with E-state index in [2.05, 4.69) is 88.1 Å². The number of carbonyl (C=O) groups is 1. The molecule has 214 valence electrons. The SMILES string of the molecule is COC(=O)C1CN(c2cccc(Br)c2)C1.Cc1ccc(S(=O)(=O)Cl)cc1.PP(P)P(P)P(P(P)P)P(P)P. The number of aryl methyl sites for hydroxylation is 1. The van der Waals surface area contributed by atoms with E-state index in [4.69, 9.17) is 10.7 Å². The molecule has 8 atom stereocenters. The molecule has 0 spiro atoms. The van der Waals surface area contributed by atoms with Gasteiger partial charge >= 0.3 is 5.97 Å². The van der Waals surface area contributed by atoms with Crippen LogP contribution in [0.5, 0.6) is 0 Å². The molecule has 5 nitrogen and oxygen atoms in total. The zero-order valence-electron chi connectivity index (χ0n) is 20.6. The Morgan fingerprint density at radius 2 is 1.50 bits per heavy atom. The van der Waals surface area contributed by atoms with Gasteiger partial charge in [0.25, 0.3) is 9.05 Å². The van der Waals surface area contributed by atoms with Crippen molar-refractivity contribution in [3.05, 3.63) is 58.6 Å². The summed E-state index contributed by atoms with van der Waals surface area (Å²) in [6, 6.07) is 14.4. The normalized spacial score (nSPS) is 14.4. The average molecular weight is 847 g/mol. The predicted octanol–water partition coefficient (Wildman–Crippen LogP) is 10.6. The summed E-state index contributed by atoms with van der Waals surface area (Å²) in [7, 11) is 24.0. The Morgan fingerprint density at radius 1 is 0.974 bits per heavy atom. The van der Waals surface area contributed by atoms with Crippen LogP contribution in [-0.2, 0) is 18.6 Å². The van der Waals surface area contributed by atoms with Crippen molar-refractivity contribution in [2.45, 2.75) is 11.8 Å². The van der Waals surface area contributed by atoms with Gasteiger partial charge in [0.1, 0.15) is 0 Å². The molecule has 0 bridgehead atoms. The van der Waals surface area contributed by atoms with E-state index in [9.17, 15) is 13.2 Å². The summed E-state index contributed by atoms with van der Waals surface area (Å²) in [5.41, 5.74) is 2.15. The molecule has 1 saturated heterocycles. The van der Waals surface area contributed by atoms with Gasteiger partial charge in [-0.05, 0) is 72.2 Å². The minimum absolute atomic E-state index is 0.0361. The van der Waals surface area contributed by atoms with Gasteiger partial charge in [-0.3, -0.25) is 4.79 Å². The van der Waals surface area contributed by atoms with Gasteiger partial charge in [0, 0.05) is 33.9 Å². The average Bonchev–Trinajstić information content (AvgIpc) is 2.78. The lowest BCUT2D eigenvalue weighted by atomic mass is 9.99. The number of rotatable bonds is 7. The van der Waals surface area contributed by atoms with Gasteiger partial charge in [-0.15, -0.1) is 62.5 Å². The third kappa shape index (κ3) is 14.6. The van der Waals surface area contributed by atoms with Crippen molar-refractivity contribution in [2.75, 3.05) is 25.1 Å². The Hall–Kier alpha value is 3.59. The fourth-order valence-electron chi connectivity index (χ4n) is 2.80. The van der Waals surface area contributed by atoms with Crippen molar-refractivity contribution in [1.82, 2.24) is 0 Å². The number of nitrogens with zero attached hydrogens (tertiary/aromatic N) is 1. The molecule has 0 aliphatic carbocycles. The zero-order chi connectivity index (χ0) is 29.2. The molecular weight excluding hydrogens is 813 g/mol. The van der Waals surface area contributed by atoms with E-state index in [-0.39, 0.29) is 51.7 Å². The summed E-state index contributed by atoms with van der Waals surface area (Å²) in [5, 5.41) is 0. The molecule has 38 heavy (non-hydrogen) atoms. The Labute approximate surface area is 262 Å². The van der Waals surface area contributed by atoms with Gasteiger partial charge in [0.05, 0.1) is 17.9 Å². The van der Waals surface area contributed by atoms with Crippen LogP contribution in [0.15, 0.2) is 57.9 Å². The topological polar surface area (TPSA) is 63.7 Å². The van der Waals surface area contributed by atoms with Gasteiger partial charge in [0.2, 0.25) is 0 Å². The second kappa shape index (κ2) is 19.9. The lowest BCUT2D eigenvalue weighted by molar-refractivity contribution is -0.146. The summed E-state index contributed by atoms with van der Waals surface area (Å²) in [6.07, 6.45) is 0. The third-order valence-corrected chi connectivity index (χ3v) is 73.2. The smallest absolute Gasteiger partial charge is 0.312 e. The van der Waals surface area contributed by atoms with E-state index in [1.165, 1.54) is 19.2 Å². The molecule has 1 fully saturated rings. The maximum absolute atomic E-state index is 11.2. The first-order chi connectivity index (χ1) is 17.6. The van der Waals surface area contributed by atoms with E-state index in [1.807, 2.05) is 31.2 Å². The molecule has 8 unspecified atom stereocenters. The van der Waals surface area contributed by atoms with Crippen molar-refractivity contribution in [1.29, 1.82) is 0 Å². The predicted molar refractivity (Wildman–Crippen MR) is 209 cm³/mol. The second-order valence-corrected chi connectivity index (χ2v) is 56.0. The maximum atomic E-state index is 11.2. The highest BCUT2D eigenvalue weighted by molar-refractivity contribution is 9.21. The first-order valence-corrected chi connectivity index (χ1v) is 34.4. The van der Waals surface area contributed by atoms with E-state index in [1.54, 1.807) is 12.1 Å². The minimum Gasteiger partial charge on any atom is -0.469 e. The number of ether oxygens (including phenoxy) is 1. The molecule has 2 aromatic carbocycles. The van der Waals surface area contributed by atoms with Crippen LogP contribution in [0.2, 0.25) is 0 Å². The van der Waals surface area contributed by atoms with Crippen LogP contribution in [0, 0.1) is 12.8 Å². The Bertz CT molecular complexity index is 1120. The van der Waals surface area contributed by atoms with Crippen LogP contribution in [0.4, 0.5) is 5.69 Å². The number of anilines is 1. The Balaban J connectivity index is 0.000000290. The molecule has 0 radical (unpaired) electrons. The van der Waals surface area contributed by atoms with Crippen LogP contribution in [0.1, 0.15) is 5.56 Å². The standard InChI is InChI=1S/C11H12BrNO2.C7H7ClO2S.H14P12/c1-15-11(14)8-6-13(7-8)10-4-2-3-9(12)5-10;1-6-2-4-7(5-3-6)11(8,9)10;1-8(2)11(7)12(9(3)4)10(5)6/h2-5,8H,6-7H2,1H3;2-5H,1H3;1-7H2. The monoisotopic (exact) mass is 845 g/mol. The molecule has 1 aliphatic rings. The van der Waals surface area contributed by atoms with Crippen LogP contribution in [-0.4, -0.2) is 34.6 Å². The molecule has 1 aliphatic heterocycles. The summed E-state index contributed by atoms with van der Waals surface area (Å²) in [4.78, 5) is 13.5. The van der Waals surface area contributed by atoms with Crippen LogP contribution in [0.25, 0.3) is 0 Å². The molecule has 2 aromatic rings. The third-order valence-electron chi connectivity index (χ3n) is 4.72. The second-order valence-electron chi connectivity index (χ2n) is 7.58. The number of carbonyl (C=O) groups excluding carboxylic acids is 1. The molecule has 0 saturated carbocycles. The molecule has 0 N–H and O–H groups in total. The highest BCUT2D eigenvalue weighted by atomic mass is 79.9. The molecule has 0 amide bonds. The Morgan fingerprint density at radius 3 is 1.87 bits per heavy atom. The van der Waals surface area contributed by atoms with Crippen molar-refractivity contribution < 1.29 is 17.9 Å². The number of esters is 1. The molecule has 1 heterocycles. The van der Waals surface area contributed by atoms with Gasteiger partial charge in [-0.25, -0.2) is 8.42 Å². The lowest BCUT2D eigenvalue weighted by Crippen LogP contribution is -2.50. The quantitative estimate of drug-likeness (QED) is 0.158. The summed E-state index contributed by atoms with van der Waals surface area (Å²) < 4.78 is 27.2. The summed E-state index contributed by atoms with van der Waals surface area (Å²) in [5.74, 6) is -0.0739. The van der Waals surface area contributed by atoms with Crippen molar-refractivity contribution >= 4 is 145 Å². The number of hydrogen-bond donors (Lipinski definition) is 0.